The minimum Gasteiger partial charge on any atom is -0.495 e. The maximum atomic E-state index is 12.3. The van der Waals surface area contributed by atoms with Gasteiger partial charge in [0.2, 0.25) is 5.91 Å². The van der Waals surface area contributed by atoms with Gasteiger partial charge in [-0.15, -0.1) is 0 Å². The van der Waals surface area contributed by atoms with Crippen molar-refractivity contribution in [3.8, 4) is 11.5 Å². The van der Waals surface area contributed by atoms with Crippen LogP contribution in [-0.2, 0) is 4.79 Å². The molecule has 0 bridgehead atoms. The van der Waals surface area contributed by atoms with Gasteiger partial charge in [-0.05, 0) is 38.1 Å². The number of halogens is 1. The Morgan fingerprint density at radius 3 is 2.22 bits per heavy atom. The fourth-order valence-corrected chi connectivity index (χ4v) is 2.94. The predicted molar refractivity (Wildman–Crippen MR) is 112 cm³/mol. The van der Waals surface area contributed by atoms with Gasteiger partial charge in [0.1, 0.15) is 11.5 Å². The number of hydrogen-bond acceptors (Lipinski definition) is 5. The minimum atomic E-state index is -0.203. The van der Waals surface area contributed by atoms with Crippen molar-refractivity contribution in [2.24, 2.45) is 0 Å². The Hall–Kier alpha value is -2.60. The van der Waals surface area contributed by atoms with E-state index in [0.29, 0.717) is 22.2 Å². The van der Waals surface area contributed by atoms with Crippen molar-refractivity contribution >= 4 is 34.6 Å². The zero-order valence-corrected chi connectivity index (χ0v) is 16.9. The molecule has 0 heterocycles. The molecule has 0 spiro atoms. The van der Waals surface area contributed by atoms with E-state index in [1.165, 1.54) is 14.2 Å². The first-order valence-electron chi connectivity index (χ1n) is 8.82. The lowest BCUT2D eigenvalue weighted by atomic mass is 10.2. The van der Waals surface area contributed by atoms with E-state index in [4.69, 9.17) is 21.1 Å². The summed E-state index contributed by atoms with van der Waals surface area (Å²) in [6.45, 7) is 6.29. The molecule has 0 aromatic heterocycles. The Labute approximate surface area is 165 Å². The maximum absolute atomic E-state index is 12.3. The summed E-state index contributed by atoms with van der Waals surface area (Å²) >= 11 is 6.08. The molecule has 0 aliphatic rings. The summed E-state index contributed by atoms with van der Waals surface area (Å²) in [4.78, 5) is 14.6. The van der Waals surface area contributed by atoms with E-state index in [2.05, 4.69) is 29.4 Å². The van der Waals surface area contributed by atoms with Crippen LogP contribution in [0.1, 0.15) is 13.8 Å². The molecule has 0 aliphatic carbocycles. The molecule has 2 aromatic carbocycles. The summed E-state index contributed by atoms with van der Waals surface area (Å²) in [5.74, 6) is 0.732. The van der Waals surface area contributed by atoms with Crippen LogP contribution in [0.25, 0.3) is 0 Å². The lowest BCUT2D eigenvalue weighted by molar-refractivity contribution is -0.114. The zero-order chi connectivity index (χ0) is 19.8. The monoisotopic (exact) mass is 391 g/mol. The average molecular weight is 392 g/mol. The van der Waals surface area contributed by atoms with Crippen molar-refractivity contribution in [3.63, 3.8) is 0 Å². The molecule has 0 saturated carbocycles. The summed E-state index contributed by atoms with van der Waals surface area (Å²) in [5.41, 5.74) is 2.54. The average Bonchev–Trinajstić information content (AvgIpc) is 2.69. The first kappa shape index (κ1) is 20.7. The summed E-state index contributed by atoms with van der Waals surface area (Å²) in [6.07, 6.45) is 0. The fourth-order valence-electron chi connectivity index (χ4n) is 2.71. The molecular weight excluding hydrogens is 366 g/mol. The zero-order valence-electron chi connectivity index (χ0n) is 16.1. The van der Waals surface area contributed by atoms with Crippen LogP contribution in [-0.4, -0.2) is 39.8 Å². The lowest BCUT2D eigenvalue weighted by Crippen LogP contribution is -2.23. The van der Waals surface area contributed by atoms with Crippen LogP contribution in [0.5, 0.6) is 11.5 Å². The predicted octanol–water partition coefficient (Wildman–Crippen LogP) is 4.25. The first-order chi connectivity index (χ1) is 13.0. The molecule has 1 amide bonds. The molecule has 0 unspecified atom stereocenters. The van der Waals surface area contributed by atoms with Crippen molar-refractivity contribution in [2.75, 3.05) is 49.4 Å². The van der Waals surface area contributed by atoms with E-state index in [1.807, 2.05) is 24.3 Å². The molecule has 0 aliphatic heterocycles. The fraction of sp³-hybridized carbons (Fsp3) is 0.350. The highest BCUT2D eigenvalue weighted by atomic mass is 35.5. The Morgan fingerprint density at radius 2 is 1.67 bits per heavy atom. The Kier molecular flexibility index (Phi) is 7.61. The van der Waals surface area contributed by atoms with E-state index in [1.54, 1.807) is 12.1 Å². The van der Waals surface area contributed by atoms with Crippen LogP contribution in [0.15, 0.2) is 36.4 Å². The van der Waals surface area contributed by atoms with Crippen LogP contribution >= 0.6 is 11.6 Å². The van der Waals surface area contributed by atoms with Crippen molar-refractivity contribution in [3.05, 3.63) is 41.4 Å². The number of anilines is 3. The van der Waals surface area contributed by atoms with Crippen LogP contribution in [0.3, 0.4) is 0 Å². The lowest BCUT2D eigenvalue weighted by Gasteiger charge is -2.21. The third-order valence-electron chi connectivity index (χ3n) is 4.20. The van der Waals surface area contributed by atoms with Gasteiger partial charge in [-0.2, -0.15) is 0 Å². The molecule has 6 nitrogen and oxygen atoms in total. The van der Waals surface area contributed by atoms with Crippen LogP contribution in [0.4, 0.5) is 17.1 Å². The first-order valence-corrected chi connectivity index (χ1v) is 9.20. The van der Waals surface area contributed by atoms with Gasteiger partial charge in [-0.1, -0.05) is 11.6 Å². The van der Waals surface area contributed by atoms with Gasteiger partial charge in [0.05, 0.1) is 31.5 Å². The third-order valence-corrected chi connectivity index (χ3v) is 4.49. The Bertz CT molecular complexity index is 762. The van der Waals surface area contributed by atoms with E-state index in [-0.39, 0.29) is 12.5 Å². The summed E-state index contributed by atoms with van der Waals surface area (Å²) < 4.78 is 10.5. The molecule has 0 atom stereocenters. The standard InChI is InChI=1S/C20H26ClN3O3/c1-5-24(6-2)15-9-7-14(8-10-15)22-13-20(25)23-17-12-18(26-3)16(21)11-19(17)27-4/h7-12,22H,5-6,13H2,1-4H3,(H,23,25). The molecule has 0 saturated heterocycles. The number of hydrogen-bond donors (Lipinski definition) is 2. The normalized spacial score (nSPS) is 10.3. The number of carbonyl (C=O) groups excluding carboxylic acids is 1. The smallest absolute Gasteiger partial charge is 0.243 e. The van der Waals surface area contributed by atoms with Gasteiger partial charge >= 0.3 is 0 Å². The van der Waals surface area contributed by atoms with Crippen molar-refractivity contribution < 1.29 is 14.3 Å². The number of nitrogens with one attached hydrogen (secondary N) is 2. The van der Waals surface area contributed by atoms with Crippen LogP contribution in [0, 0.1) is 0 Å². The molecule has 0 fully saturated rings. The number of benzene rings is 2. The van der Waals surface area contributed by atoms with Gasteiger partial charge in [0.15, 0.2) is 0 Å². The minimum absolute atomic E-state index is 0.124. The number of rotatable bonds is 9. The summed E-state index contributed by atoms with van der Waals surface area (Å²) in [5, 5.41) is 6.34. The quantitative estimate of drug-likeness (QED) is 0.669. The van der Waals surface area contributed by atoms with Gasteiger partial charge in [0, 0.05) is 36.6 Å². The Morgan fingerprint density at radius 1 is 1.04 bits per heavy atom. The second-order valence-corrected chi connectivity index (χ2v) is 6.22. The van der Waals surface area contributed by atoms with Crippen molar-refractivity contribution in [2.45, 2.75) is 13.8 Å². The number of nitrogens with zero attached hydrogens (tertiary/aromatic N) is 1. The van der Waals surface area contributed by atoms with E-state index < -0.39 is 0 Å². The largest absolute Gasteiger partial charge is 0.495 e. The van der Waals surface area contributed by atoms with Gasteiger partial charge < -0.3 is 25.0 Å². The molecule has 146 valence electrons. The third kappa shape index (κ3) is 5.44. The maximum Gasteiger partial charge on any atom is 0.243 e. The second-order valence-electron chi connectivity index (χ2n) is 5.81. The van der Waals surface area contributed by atoms with Gasteiger partial charge in [-0.25, -0.2) is 0 Å². The summed E-state index contributed by atoms with van der Waals surface area (Å²) in [7, 11) is 3.03. The highest BCUT2D eigenvalue weighted by Crippen LogP contribution is 2.35. The number of amides is 1. The van der Waals surface area contributed by atoms with E-state index in [0.717, 1.165) is 24.5 Å². The SMILES string of the molecule is CCN(CC)c1ccc(NCC(=O)Nc2cc(OC)c(Cl)cc2OC)cc1. The van der Waals surface area contributed by atoms with Crippen molar-refractivity contribution in [1.29, 1.82) is 0 Å². The topological polar surface area (TPSA) is 62.8 Å². The van der Waals surface area contributed by atoms with Crippen LogP contribution < -0.4 is 25.0 Å². The van der Waals surface area contributed by atoms with E-state index >= 15 is 0 Å². The molecule has 0 radical (unpaired) electrons. The van der Waals surface area contributed by atoms with Gasteiger partial charge in [0.25, 0.3) is 0 Å². The number of ether oxygens (including phenoxy) is 2. The number of methoxy groups -OCH3 is 2. The molecule has 7 heteroatoms. The second kappa shape index (κ2) is 9.92. The van der Waals surface area contributed by atoms with E-state index in [9.17, 15) is 4.79 Å². The molecule has 2 N–H and O–H groups in total. The highest BCUT2D eigenvalue weighted by molar-refractivity contribution is 6.32. The Balaban J connectivity index is 1.98. The molecule has 2 rings (SSSR count). The molecule has 2 aromatic rings. The van der Waals surface area contributed by atoms with Gasteiger partial charge in [-0.3, -0.25) is 4.79 Å². The molecular formula is C20H26ClN3O3. The van der Waals surface area contributed by atoms with Crippen LogP contribution in [0.2, 0.25) is 5.02 Å². The summed E-state index contributed by atoms with van der Waals surface area (Å²) in [6, 6.07) is 11.3. The number of carbonyl (C=O) groups is 1. The van der Waals surface area contributed by atoms with Crippen molar-refractivity contribution in [1.82, 2.24) is 0 Å². The molecule has 27 heavy (non-hydrogen) atoms. The highest BCUT2D eigenvalue weighted by Gasteiger charge is 2.12.